The maximum Gasteiger partial charge on any atom is 0.191 e. The van der Waals surface area contributed by atoms with Gasteiger partial charge in [0, 0.05) is 19.3 Å². The highest BCUT2D eigenvalue weighted by Gasteiger charge is 2.03. The van der Waals surface area contributed by atoms with E-state index in [1.807, 2.05) is 19.1 Å². The zero-order chi connectivity index (χ0) is 18.1. The van der Waals surface area contributed by atoms with Crippen LogP contribution in [0.3, 0.4) is 0 Å². The van der Waals surface area contributed by atoms with Gasteiger partial charge in [-0.3, -0.25) is 0 Å². The van der Waals surface area contributed by atoms with Crippen LogP contribution < -0.4 is 15.4 Å². The molecule has 0 aliphatic rings. The van der Waals surface area contributed by atoms with E-state index in [1.165, 1.54) is 7.11 Å². The molecule has 0 saturated heterocycles. The van der Waals surface area contributed by atoms with Gasteiger partial charge in [0.25, 0.3) is 0 Å². The van der Waals surface area contributed by atoms with Gasteiger partial charge in [0.2, 0.25) is 0 Å². The summed E-state index contributed by atoms with van der Waals surface area (Å²) >= 11 is 5.79. The summed E-state index contributed by atoms with van der Waals surface area (Å²) in [7, 11) is 1.52. The summed E-state index contributed by atoms with van der Waals surface area (Å²) in [6, 6.07) is 9.01. The zero-order valence-corrected chi connectivity index (χ0v) is 17.9. The molecule has 1 aromatic heterocycles. The highest BCUT2D eigenvalue weighted by Crippen LogP contribution is 2.26. The maximum atomic E-state index is 9.83. The van der Waals surface area contributed by atoms with E-state index in [0.29, 0.717) is 17.4 Å². The highest BCUT2D eigenvalue weighted by atomic mass is 127. The average molecular weight is 491 g/mol. The molecule has 0 fully saturated rings. The van der Waals surface area contributed by atoms with Crippen molar-refractivity contribution in [2.45, 2.75) is 19.9 Å². The van der Waals surface area contributed by atoms with Crippen LogP contribution in [0.15, 0.2) is 41.5 Å². The Balaban J connectivity index is 0.00000338. The quantitative estimate of drug-likeness (QED) is 0.240. The number of guanidine groups is 1. The Morgan fingerprint density at radius 1 is 1.23 bits per heavy atom. The number of aromatic nitrogens is 1. The first-order valence-electron chi connectivity index (χ1n) is 8.11. The molecule has 0 aliphatic carbocycles. The molecule has 0 amide bonds. The second kappa shape index (κ2) is 11.8. The number of pyridine rings is 1. The SMILES string of the molecule is CCNC(=NCc1ccc(OC)c(O)c1)NCCc1ccc(Cl)nc1.I. The second-order valence-electron chi connectivity index (χ2n) is 5.37. The van der Waals surface area contributed by atoms with Gasteiger partial charge in [-0.25, -0.2) is 9.98 Å². The van der Waals surface area contributed by atoms with Crippen LogP contribution in [0.1, 0.15) is 18.1 Å². The fourth-order valence-electron chi connectivity index (χ4n) is 2.23. The van der Waals surface area contributed by atoms with Crippen molar-refractivity contribution < 1.29 is 9.84 Å². The summed E-state index contributed by atoms with van der Waals surface area (Å²) in [6.45, 7) is 3.96. The van der Waals surface area contributed by atoms with E-state index >= 15 is 0 Å². The number of phenolic OH excluding ortho intramolecular Hbond substituents is 1. The molecule has 3 N–H and O–H groups in total. The molecule has 8 heteroatoms. The third-order valence-corrected chi connectivity index (χ3v) is 3.73. The molecule has 2 aromatic rings. The van der Waals surface area contributed by atoms with Crippen LogP contribution in [0.2, 0.25) is 5.15 Å². The molecule has 0 bridgehead atoms. The molecular weight excluding hydrogens is 467 g/mol. The minimum atomic E-state index is 0. The number of benzene rings is 1. The molecule has 0 saturated carbocycles. The smallest absolute Gasteiger partial charge is 0.191 e. The van der Waals surface area contributed by atoms with Crippen LogP contribution in [-0.4, -0.2) is 36.2 Å². The van der Waals surface area contributed by atoms with Crippen LogP contribution in [0.4, 0.5) is 0 Å². The minimum Gasteiger partial charge on any atom is -0.504 e. The molecule has 142 valence electrons. The van der Waals surface area contributed by atoms with Crippen molar-refractivity contribution in [2.24, 2.45) is 4.99 Å². The first kappa shape index (κ1) is 22.3. The molecule has 0 unspecified atom stereocenters. The van der Waals surface area contributed by atoms with Gasteiger partial charge in [0.1, 0.15) is 5.15 Å². The van der Waals surface area contributed by atoms with Crippen molar-refractivity contribution in [3.05, 3.63) is 52.8 Å². The molecule has 1 aromatic carbocycles. The fraction of sp³-hybridized carbons (Fsp3) is 0.333. The average Bonchev–Trinajstić information content (AvgIpc) is 2.61. The Morgan fingerprint density at radius 2 is 2.00 bits per heavy atom. The Hall–Kier alpha value is -1.74. The summed E-state index contributed by atoms with van der Waals surface area (Å²) in [6.07, 6.45) is 2.59. The Morgan fingerprint density at radius 3 is 2.62 bits per heavy atom. The van der Waals surface area contributed by atoms with Crippen molar-refractivity contribution in [2.75, 3.05) is 20.2 Å². The van der Waals surface area contributed by atoms with Gasteiger partial charge in [-0.15, -0.1) is 24.0 Å². The first-order chi connectivity index (χ1) is 12.1. The third-order valence-electron chi connectivity index (χ3n) is 3.50. The number of aromatic hydroxyl groups is 1. The number of hydrogen-bond acceptors (Lipinski definition) is 4. The largest absolute Gasteiger partial charge is 0.504 e. The fourth-order valence-corrected chi connectivity index (χ4v) is 2.34. The molecule has 0 spiro atoms. The van der Waals surface area contributed by atoms with Crippen molar-refractivity contribution in [3.63, 3.8) is 0 Å². The van der Waals surface area contributed by atoms with Gasteiger partial charge in [0.15, 0.2) is 17.5 Å². The predicted octanol–water partition coefficient (Wildman–Crippen LogP) is 3.37. The number of hydrogen-bond donors (Lipinski definition) is 3. The number of rotatable bonds is 7. The lowest BCUT2D eigenvalue weighted by molar-refractivity contribution is 0.373. The third kappa shape index (κ3) is 7.25. The van der Waals surface area contributed by atoms with E-state index < -0.39 is 0 Å². The highest BCUT2D eigenvalue weighted by molar-refractivity contribution is 14.0. The molecule has 0 radical (unpaired) electrons. The summed E-state index contributed by atoms with van der Waals surface area (Å²) in [5.41, 5.74) is 2.00. The lowest BCUT2D eigenvalue weighted by Crippen LogP contribution is -2.38. The van der Waals surface area contributed by atoms with Gasteiger partial charge in [-0.2, -0.15) is 0 Å². The van der Waals surface area contributed by atoms with Gasteiger partial charge < -0.3 is 20.5 Å². The molecular formula is C18H24ClIN4O2. The Bertz CT molecular complexity index is 711. The van der Waals surface area contributed by atoms with Crippen LogP contribution >= 0.6 is 35.6 Å². The van der Waals surface area contributed by atoms with Gasteiger partial charge >= 0.3 is 0 Å². The van der Waals surface area contributed by atoms with E-state index in [1.54, 1.807) is 24.4 Å². The summed E-state index contributed by atoms with van der Waals surface area (Å²) < 4.78 is 5.04. The number of nitrogens with zero attached hydrogens (tertiary/aromatic N) is 2. The molecule has 0 atom stereocenters. The summed E-state index contributed by atoms with van der Waals surface area (Å²) in [5.74, 6) is 1.29. The Labute approximate surface area is 176 Å². The number of ether oxygens (including phenoxy) is 1. The topological polar surface area (TPSA) is 78.8 Å². The number of halogens is 2. The lowest BCUT2D eigenvalue weighted by Gasteiger charge is -2.11. The standard InChI is InChI=1S/C18H23ClN4O2.HI/c1-3-20-18(21-9-8-13-5-7-17(19)22-11-13)23-12-14-4-6-16(25-2)15(24)10-14;/h4-7,10-11,24H,3,8-9,12H2,1-2H3,(H2,20,21,23);1H. The van der Waals surface area contributed by atoms with Crippen molar-refractivity contribution in [1.29, 1.82) is 0 Å². The zero-order valence-electron chi connectivity index (χ0n) is 14.8. The Kier molecular flexibility index (Phi) is 10.1. The number of phenols is 1. The molecule has 26 heavy (non-hydrogen) atoms. The molecule has 2 rings (SSSR count). The van der Waals surface area contributed by atoms with Crippen molar-refractivity contribution in [1.82, 2.24) is 15.6 Å². The summed E-state index contributed by atoms with van der Waals surface area (Å²) in [4.78, 5) is 8.60. The second-order valence-corrected chi connectivity index (χ2v) is 5.75. The van der Waals surface area contributed by atoms with E-state index in [2.05, 4.69) is 20.6 Å². The van der Waals surface area contributed by atoms with Crippen LogP contribution in [0.25, 0.3) is 0 Å². The monoisotopic (exact) mass is 490 g/mol. The van der Waals surface area contributed by atoms with Gasteiger partial charge in [-0.05, 0) is 42.7 Å². The molecule has 0 aliphatic heterocycles. The van der Waals surface area contributed by atoms with Crippen LogP contribution in [-0.2, 0) is 13.0 Å². The lowest BCUT2D eigenvalue weighted by atomic mass is 10.2. The number of aliphatic imine (C=N–C) groups is 1. The number of methoxy groups -OCH3 is 1. The van der Waals surface area contributed by atoms with Crippen molar-refractivity contribution >= 4 is 41.5 Å². The van der Waals surface area contributed by atoms with Gasteiger partial charge in [0.05, 0.1) is 13.7 Å². The predicted molar refractivity (Wildman–Crippen MR) is 116 cm³/mol. The summed E-state index contributed by atoms with van der Waals surface area (Å²) in [5, 5.41) is 16.8. The number of nitrogens with one attached hydrogen (secondary N) is 2. The maximum absolute atomic E-state index is 9.83. The van der Waals surface area contributed by atoms with Crippen LogP contribution in [0.5, 0.6) is 11.5 Å². The van der Waals surface area contributed by atoms with Crippen LogP contribution in [0, 0.1) is 0 Å². The minimum absolute atomic E-state index is 0. The normalized spacial score (nSPS) is 10.8. The van der Waals surface area contributed by atoms with Crippen molar-refractivity contribution in [3.8, 4) is 11.5 Å². The van der Waals surface area contributed by atoms with E-state index in [4.69, 9.17) is 16.3 Å². The van der Waals surface area contributed by atoms with Gasteiger partial charge in [-0.1, -0.05) is 23.7 Å². The molecule has 1 heterocycles. The van der Waals surface area contributed by atoms with E-state index in [0.717, 1.165) is 36.6 Å². The van der Waals surface area contributed by atoms with E-state index in [-0.39, 0.29) is 29.7 Å². The molecule has 6 nitrogen and oxygen atoms in total. The first-order valence-corrected chi connectivity index (χ1v) is 8.48. The van der Waals surface area contributed by atoms with E-state index in [9.17, 15) is 5.11 Å².